The third kappa shape index (κ3) is 6.06. The molecule has 8 aliphatic carbocycles. The highest BCUT2D eigenvalue weighted by molar-refractivity contribution is 5.87. The summed E-state index contributed by atoms with van der Waals surface area (Å²) in [5.41, 5.74) is 0.142. The predicted molar refractivity (Wildman–Crippen MR) is 148 cm³/mol. The van der Waals surface area contributed by atoms with Crippen LogP contribution in [0, 0.1) is 29.6 Å². The van der Waals surface area contributed by atoms with Crippen molar-refractivity contribution in [3.05, 3.63) is 24.3 Å². The Morgan fingerprint density at radius 2 is 1.20 bits per heavy atom. The highest BCUT2D eigenvalue weighted by Crippen LogP contribution is 2.60. The molecule has 0 aliphatic heterocycles. The van der Waals surface area contributed by atoms with E-state index >= 15 is 0 Å². The molecule has 8 aliphatic rings. The molecule has 40 heavy (non-hydrogen) atoms. The second-order valence-electron chi connectivity index (χ2n) is 14.0. The number of rotatable bonds is 10. The maximum Gasteiger partial charge on any atom is 0.333 e. The first-order valence-corrected chi connectivity index (χ1v) is 15.2. The van der Waals surface area contributed by atoms with E-state index in [-0.39, 0.29) is 48.1 Å². The van der Waals surface area contributed by atoms with E-state index in [1.165, 1.54) is 19.3 Å². The average Bonchev–Trinajstić information content (AvgIpc) is 2.86. The van der Waals surface area contributed by atoms with Gasteiger partial charge in [-0.1, -0.05) is 13.2 Å². The second kappa shape index (κ2) is 11.5. The van der Waals surface area contributed by atoms with E-state index in [0.29, 0.717) is 53.9 Å². The minimum atomic E-state index is -0.352. The van der Waals surface area contributed by atoms with E-state index in [4.69, 9.17) is 29.2 Å². The minimum Gasteiger partial charge on any atom is -0.456 e. The largest absolute Gasteiger partial charge is 0.456 e. The Hall–Kier alpha value is -1.74. The SMILES string of the molecule is C=C(C)C(=O)OC12CC3CC(C1)C(OCCO)C(C3)C2.C=C(C)C(=O)OC12CC3CC(CC(OCCO)(C3)C1)C2. The van der Waals surface area contributed by atoms with Crippen molar-refractivity contribution in [2.75, 3.05) is 26.4 Å². The van der Waals surface area contributed by atoms with Gasteiger partial charge in [-0.15, -0.1) is 0 Å². The van der Waals surface area contributed by atoms with Gasteiger partial charge in [0.25, 0.3) is 0 Å². The van der Waals surface area contributed by atoms with Crippen molar-refractivity contribution in [1.29, 1.82) is 0 Å². The van der Waals surface area contributed by atoms with Crippen molar-refractivity contribution in [2.45, 2.75) is 107 Å². The Morgan fingerprint density at radius 3 is 1.73 bits per heavy atom. The summed E-state index contributed by atoms with van der Waals surface area (Å²) in [5.74, 6) is 2.28. The monoisotopic (exact) mass is 560 g/mol. The molecule has 2 N–H and O–H groups in total. The van der Waals surface area contributed by atoms with Crippen molar-refractivity contribution in [3.63, 3.8) is 0 Å². The van der Waals surface area contributed by atoms with E-state index in [9.17, 15) is 9.59 Å². The highest BCUT2D eigenvalue weighted by atomic mass is 16.6. The zero-order valence-electron chi connectivity index (χ0n) is 24.3. The molecule has 8 nitrogen and oxygen atoms in total. The third-order valence-electron chi connectivity index (χ3n) is 10.3. The van der Waals surface area contributed by atoms with Crippen LogP contribution in [0.1, 0.15) is 84.5 Å². The maximum absolute atomic E-state index is 11.9. The zero-order valence-corrected chi connectivity index (χ0v) is 24.3. The molecule has 8 saturated carbocycles. The van der Waals surface area contributed by atoms with E-state index in [1.54, 1.807) is 13.8 Å². The molecule has 0 aromatic rings. The summed E-state index contributed by atoms with van der Waals surface area (Å²) in [6, 6.07) is 0. The van der Waals surface area contributed by atoms with Gasteiger partial charge >= 0.3 is 11.9 Å². The van der Waals surface area contributed by atoms with Gasteiger partial charge in [0, 0.05) is 17.6 Å². The van der Waals surface area contributed by atoms with Crippen molar-refractivity contribution in [2.24, 2.45) is 29.6 Å². The van der Waals surface area contributed by atoms with Crippen LogP contribution in [0.3, 0.4) is 0 Å². The van der Waals surface area contributed by atoms with Gasteiger partial charge in [-0.05, 0) is 108 Å². The summed E-state index contributed by atoms with van der Waals surface area (Å²) in [4.78, 5) is 23.8. The molecular weight excluding hydrogens is 512 g/mol. The van der Waals surface area contributed by atoms with Crippen LogP contribution in [0.4, 0.5) is 0 Å². The van der Waals surface area contributed by atoms with Gasteiger partial charge in [-0.2, -0.15) is 0 Å². The van der Waals surface area contributed by atoms with Gasteiger partial charge < -0.3 is 29.2 Å². The van der Waals surface area contributed by atoms with Gasteiger partial charge in [0.15, 0.2) is 0 Å². The number of carbonyl (C=O) groups excluding carboxylic acids is 2. The van der Waals surface area contributed by atoms with Crippen LogP contribution in [0.2, 0.25) is 0 Å². The Labute approximate surface area is 238 Å². The first-order chi connectivity index (χ1) is 19.0. The van der Waals surface area contributed by atoms with Crippen molar-refractivity contribution >= 4 is 11.9 Å². The Balaban J connectivity index is 0.000000161. The molecule has 8 fully saturated rings. The Kier molecular flexibility index (Phi) is 8.55. The third-order valence-corrected chi connectivity index (χ3v) is 10.3. The normalized spacial score (nSPS) is 41.7. The van der Waals surface area contributed by atoms with Crippen molar-refractivity contribution < 1.29 is 38.7 Å². The van der Waals surface area contributed by atoms with Crippen molar-refractivity contribution in [1.82, 2.24) is 0 Å². The lowest BCUT2D eigenvalue weighted by atomic mass is 9.52. The predicted octanol–water partition coefficient (Wildman–Crippen LogP) is 4.27. The molecule has 0 radical (unpaired) electrons. The van der Waals surface area contributed by atoms with Crippen LogP contribution in [-0.2, 0) is 28.5 Å². The summed E-state index contributed by atoms with van der Waals surface area (Å²) < 4.78 is 23.5. The molecule has 0 aromatic carbocycles. The second-order valence-corrected chi connectivity index (χ2v) is 14.0. The number of aliphatic hydroxyl groups is 2. The van der Waals surface area contributed by atoms with Crippen LogP contribution in [0.15, 0.2) is 24.3 Å². The van der Waals surface area contributed by atoms with E-state index < -0.39 is 0 Å². The van der Waals surface area contributed by atoms with Gasteiger partial charge in [-0.25, -0.2) is 9.59 Å². The van der Waals surface area contributed by atoms with Crippen LogP contribution in [0.25, 0.3) is 0 Å². The maximum atomic E-state index is 11.9. The lowest BCUT2D eigenvalue weighted by Gasteiger charge is -2.60. The summed E-state index contributed by atoms with van der Waals surface area (Å²) >= 11 is 0. The molecular formula is C32H48O8. The molecule has 0 saturated heterocycles. The molecule has 4 atom stereocenters. The van der Waals surface area contributed by atoms with Crippen LogP contribution in [0.5, 0.6) is 0 Å². The summed E-state index contributed by atoms with van der Waals surface area (Å²) in [6.45, 7) is 11.7. The standard InChI is InChI=1S/2C16H24O4/c1-11(2)14(18)20-16-8-12-5-13(9-16)7-15(6-12,10-16)19-4-3-17;1-10(2)15(18)20-16-7-11-5-12(8-16)14(19-4-3-17)13(6-11)9-16/h12-13,17H,1,3-10H2,2H3;11-14,17H,1,3-9H2,2H3. The Bertz CT molecular complexity index is 973. The first kappa shape index (κ1) is 29.7. The van der Waals surface area contributed by atoms with Crippen LogP contribution < -0.4 is 0 Å². The fourth-order valence-corrected chi connectivity index (χ4v) is 9.70. The Morgan fingerprint density at radius 1 is 0.700 bits per heavy atom. The number of aliphatic hydroxyl groups excluding tert-OH is 2. The number of carbonyl (C=O) groups is 2. The lowest BCUT2D eigenvalue weighted by Crippen LogP contribution is -2.61. The number of ether oxygens (including phenoxy) is 4. The van der Waals surface area contributed by atoms with Crippen LogP contribution >= 0.6 is 0 Å². The zero-order chi connectivity index (χ0) is 28.7. The number of esters is 2. The average molecular weight is 561 g/mol. The van der Waals surface area contributed by atoms with Gasteiger partial charge in [-0.3, -0.25) is 0 Å². The van der Waals surface area contributed by atoms with E-state index in [2.05, 4.69) is 13.2 Å². The van der Waals surface area contributed by atoms with Gasteiger partial charge in [0.2, 0.25) is 0 Å². The number of hydrogen-bond acceptors (Lipinski definition) is 8. The quantitative estimate of drug-likeness (QED) is 0.301. The molecule has 0 aromatic heterocycles. The van der Waals surface area contributed by atoms with Crippen molar-refractivity contribution in [3.8, 4) is 0 Å². The summed E-state index contributed by atoms with van der Waals surface area (Å²) in [6.07, 6.45) is 11.5. The molecule has 8 bridgehead atoms. The summed E-state index contributed by atoms with van der Waals surface area (Å²) in [5, 5.41) is 18.0. The number of hydrogen-bond donors (Lipinski definition) is 2. The van der Waals surface area contributed by atoms with Crippen LogP contribution in [-0.4, -0.2) is 71.5 Å². The fraction of sp³-hybridized carbons (Fsp3) is 0.812. The van der Waals surface area contributed by atoms with E-state index in [1.807, 2.05) is 0 Å². The molecule has 4 unspecified atom stereocenters. The molecule has 224 valence electrons. The minimum absolute atomic E-state index is 0.0512. The summed E-state index contributed by atoms with van der Waals surface area (Å²) in [7, 11) is 0. The molecule has 0 amide bonds. The highest BCUT2D eigenvalue weighted by Gasteiger charge is 2.60. The smallest absolute Gasteiger partial charge is 0.333 e. The first-order valence-electron chi connectivity index (χ1n) is 15.2. The molecule has 0 heterocycles. The fourth-order valence-electron chi connectivity index (χ4n) is 9.70. The topological polar surface area (TPSA) is 112 Å². The molecule has 0 spiro atoms. The lowest BCUT2D eigenvalue weighted by molar-refractivity contribution is -0.233. The van der Waals surface area contributed by atoms with Gasteiger partial charge in [0.05, 0.1) is 38.1 Å². The molecule has 8 rings (SSSR count). The van der Waals surface area contributed by atoms with E-state index in [0.717, 1.165) is 51.4 Å². The molecule has 8 heteroatoms. The van der Waals surface area contributed by atoms with Gasteiger partial charge in [0.1, 0.15) is 11.2 Å².